The Hall–Kier alpha value is -0.280. The van der Waals surface area contributed by atoms with Gasteiger partial charge in [-0.15, -0.1) is 0 Å². The van der Waals surface area contributed by atoms with Gasteiger partial charge in [-0.3, -0.25) is 0 Å². The molecule has 1 aromatic carbocycles. The lowest BCUT2D eigenvalue weighted by Crippen LogP contribution is -2.33. The summed E-state index contributed by atoms with van der Waals surface area (Å²) in [5.74, 6) is -0.446. The Morgan fingerprint density at radius 2 is 1.84 bits per heavy atom. The van der Waals surface area contributed by atoms with Crippen LogP contribution < -0.4 is 0 Å². The molecular formula is C15H17Cl2O2. The zero-order valence-corrected chi connectivity index (χ0v) is 12.2. The summed E-state index contributed by atoms with van der Waals surface area (Å²) in [5, 5.41) is 1.24. The lowest BCUT2D eigenvalue weighted by molar-refractivity contribution is -0.192. The van der Waals surface area contributed by atoms with Gasteiger partial charge in [0.15, 0.2) is 5.79 Å². The minimum Gasteiger partial charge on any atom is -0.344 e. The first kappa shape index (κ1) is 13.7. The van der Waals surface area contributed by atoms with Crippen molar-refractivity contribution >= 4 is 23.2 Å². The zero-order valence-electron chi connectivity index (χ0n) is 10.7. The fourth-order valence-electron chi connectivity index (χ4n) is 2.99. The summed E-state index contributed by atoms with van der Waals surface area (Å²) in [4.78, 5) is 0. The van der Waals surface area contributed by atoms with Crippen molar-refractivity contribution < 1.29 is 9.47 Å². The molecule has 2 nitrogen and oxygen atoms in total. The summed E-state index contributed by atoms with van der Waals surface area (Å²) < 4.78 is 12.2. The highest BCUT2D eigenvalue weighted by atomic mass is 35.5. The van der Waals surface area contributed by atoms with Gasteiger partial charge >= 0.3 is 0 Å². The molecule has 0 unspecified atom stereocenters. The summed E-state index contributed by atoms with van der Waals surface area (Å²) in [6.45, 7) is 4.07. The van der Waals surface area contributed by atoms with Gasteiger partial charge in [-0.05, 0) is 31.9 Å². The summed E-state index contributed by atoms with van der Waals surface area (Å²) >= 11 is 12.2. The number of halogens is 2. The van der Waals surface area contributed by atoms with Crippen LogP contribution in [0.2, 0.25) is 10.0 Å². The predicted molar refractivity (Wildman–Crippen MR) is 76.3 cm³/mol. The molecule has 1 aliphatic carbocycles. The van der Waals surface area contributed by atoms with E-state index in [4.69, 9.17) is 32.7 Å². The van der Waals surface area contributed by atoms with Gasteiger partial charge in [0, 0.05) is 28.5 Å². The molecule has 2 fully saturated rings. The number of ether oxygens (including phenoxy) is 2. The van der Waals surface area contributed by atoms with Crippen molar-refractivity contribution in [2.75, 3.05) is 0 Å². The number of hydrogen-bond donors (Lipinski definition) is 0. The van der Waals surface area contributed by atoms with Crippen LogP contribution in [0.3, 0.4) is 0 Å². The molecule has 3 rings (SSSR count). The molecule has 19 heavy (non-hydrogen) atoms. The molecule has 1 aromatic rings. The van der Waals surface area contributed by atoms with Crippen LogP contribution in [-0.4, -0.2) is 11.9 Å². The molecule has 1 heterocycles. The number of hydrogen-bond acceptors (Lipinski definition) is 2. The van der Waals surface area contributed by atoms with Crippen molar-refractivity contribution in [3.05, 3.63) is 40.7 Å². The van der Waals surface area contributed by atoms with Crippen LogP contribution in [0.15, 0.2) is 18.2 Å². The van der Waals surface area contributed by atoms with Crippen LogP contribution in [-0.2, 0) is 9.47 Å². The third-order valence-electron chi connectivity index (χ3n) is 3.93. The van der Waals surface area contributed by atoms with Crippen molar-refractivity contribution in [1.82, 2.24) is 0 Å². The zero-order chi connectivity index (χ0) is 13.5. The fraction of sp³-hybridized carbons (Fsp3) is 0.533. The average molecular weight is 300 g/mol. The Balaban J connectivity index is 1.85. The third-order valence-corrected chi connectivity index (χ3v) is 4.49. The summed E-state index contributed by atoms with van der Waals surface area (Å²) in [6, 6.07) is 5.46. The minimum atomic E-state index is -0.446. The van der Waals surface area contributed by atoms with E-state index in [-0.39, 0.29) is 12.2 Å². The molecule has 2 aliphatic rings. The van der Waals surface area contributed by atoms with Gasteiger partial charge in [0.1, 0.15) is 6.10 Å². The van der Waals surface area contributed by atoms with E-state index in [0.717, 1.165) is 31.2 Å². The van der Waals surface area contributed by atoms with Crippen molar-refractivity contribution in [3.8, 4) is 0 Å². The van der Waals surface area contributed by atoms with Crippen LogP contribution in [0.4, 0.5) is 0 Å². The highest BCUT2D eigenvalue weighted by Crippen LogP contribution is 2.47. The van der Waals surface area contributed by atoms with Crippen molar-refractivity contribution in [1.29, 1.82) is 0 Å². The molecule has 4 heteroatoms. The van der Waals surface area contributed by atoms with Crippen LogP contribution in [0.25, 0.3) is 0 Å². The van der Waals surface area contributed by atoms with Gasteiger partial charge in [-0.2, -0.15) is 0 Å². The van der Waals surface area contributed by atoms with Gasteiger partial charge in [0.2, 0.25) is 0 Å². The molecule has 1 saturated carbocycles. The lowest BCUT2D eigenvalue weighted by Gasteiger charge is -2.31. The molecule has 103 valence electrons. The summed E-state index contributed by atoms with van der Waals surface area (Å²) in [5.41, 5.74) is 0.911. The molecule has 1 aliphatic heterocycles. The van der Waals surface area contributed by atoms with Crippen LogP contribution in [0.5, 0.6) is 0 Å². The first-order chi connectivity index (χ1) is 9.10. The fourth-order valence-corrected chi connectivity index (χ4v) is 3.51. The van der Waals surface area contributed by atoms with Crippen LogP contribution >= 0.6 is 23.2 Å². The smallest absolute Gasteiger partial charge is 0.169 e. The highest BCUT2D eigenvalue weighted by molar-refractivity contribution is 6.35. The normalized spacial score (nSPS) is 29.8. The monoisotopic (exact) mass is 299 g/mol. The van der Waals surface area contributed by atoms with Crippen molar-refractivity contribution in [2.45, 2.75) is 50.1 Å². The van der Waals surface area contributed by atoms with Crippen LogP contribution in [0.1, 0.15) is 43.8 Å². The largest absolute Gasteiger partial charge is 0.344 e. The summed E-state index contributed by atoms with van der Waals surface area (Å²) in [7, 11) is 0. The minimum absolute atomic E-state index is 0.206. The second-order valence-electron chi connectivity index (χ2n) is 5.33. The Labute approximate surface area is 124 Å². The molecular weight excluding hydrogens is 283 g/mol. The topological polar surface area (TPSA) is 18.5 Å². The quantitative estimate of drug-likeness (QED) is 0.731. The van der Waals surface area contributed by atoms with Gasteiger partial charge in [-0.25, -0.2) is 0 Å². The number of benzene rings is 1. The Bertz CT molecular complexity index is 469. The van der Waals surface area contributed by atoms with Gasteiger partial charge in [-0.1, -0.05) is 35.7 Å². The predicted octanol–water partition coefficient (Wildman–Crippen LogP) is 4.94. The maximum atomic E-state index is 6.25. The van der Waals surface area contributed by atoms with E-state index in [2.05, 4.69) is 6.92 Å². The van der Waals surface area contributed by atoms with Gasteiger partial charge in [0.25, 0.3) is 0 Å². The van der Waals surface area contributed by atoms with Crippen molar-refractivity contribution in [3.63, 3.8) is 0 Å². The van der Waals surface area contributed by atoms with Gasteiger partial charge < -0.3 is 9.47 Å². The van der Waals surface area contributed by atoms with Crippen molar-refractivity contribution in [2.24, 2.45) is 0 Å². The van der Waals surface area contributed by atoms with E-state index in [1.807, 2.05) is 12.1 Å². The summed E-state index contributed by atoms with van der Waals surface area (Å²) in [6.07, 6.45) is 5.01. The Morgan fingerprint density at radius 3 is 2.53 bits per heavy atom. The molecule has 1 saturated heterocycles. The second kappa shape index (κ2) is 5.25. The van der Waals surface area contributed by atoms with Gasteiger partial charge in [0.05, 0.1) is 6.10 Å². The highest BCUT2D eigenvalue weighted by Gasteiger charge is 2.47. The van der Waals surface area contributed by atoms with E-state index in [1.54, 1.807) is 6.07 Å². The average Bonchev–Trinajstić information content (AvgIpc) is 2.67. The van der Waals surface area contributed by atoms with E-state index >= 15 is 0 Å². The molecule has 0 N–H and O–H groups in total. The molecule has 0 amide bonds. The lowest BCUT2D eigenvalue weighted by atomic mass is 9.94. The standard InChI is InChI=1S/C15H17Cl2O2/c1-10-14(12-6-5-11(16)9-13(12)17)19-15(18-10)7-3-2-4-8-15/h5-6,9-10,14H,1-4,7-8H2/t10-,14+/m1/s1. The van der Waals surface area contributed by atoms with E-state index < -0.39 is 5.79 Å². The molecule has 2 atom stereocenters. The first-order valence-electron chi connectivity index (χ1n) is 6.73. The SMILES string of the molecule is [CH2][C@H]1OC2(CCCCC2)O[C@@H]1c1ccc(Cl)cc1Cl. The van der Waals surface area contributed by atoms with E-state index in [1.165, 1.54) is 6.42 Å². The maximum Gasteiger partial charge on any atom is 0.169 e. The third kappa shape index (κ3) is 2.64. The second-order valence-corrected chi connectivity index (χ2v) is 6.18. The van der Waals surface area contributed by atoms with Crippen LogP contribution in [0, 0.1) is 6.92 Å². The Kier molecular flexibility index (Phi) is 3.78. The first-order valence-corrected chi connectivity index (χ1v) is 7.49. The Morgan fingerprint density at radius 1 is 1.11 bits per heavy atom. The number of rotatable bonds is 1. The molecule has 0 bridgehead atoms. The van der Waals surface area contributed by atoms with E-state index in [9.17, 15) is 0 Å². The van der Waals surface area contributed by atoms with E-state index in [0.29, 0.717) is 10.0 Å². The molecule has 1 spiro atoms. The molecule has 0 aromatic heterocycles. The molecule has 1 radical (unpaired) electrons. The maximum absolute atomic E-state index is 6.25.